The molecule has 4 nitrogen and oxygen atoms in total. The van der Waals surface area contributed by atoms with Gasteiger partial charge in [-0.1, -0.05) is 12.1 Å². The molecule has 2 rings (SSSR count). The molecular formula is C14H20N4. The summed E-state index contributed by atoms with van der Waals surface area (Å²) >= 11 is 0. The van der Waals surface area contributed by atoms with Gasteiger partial charge >= 0.3 is 0 Å². The Morgan fingerprint density at radius 1 is 1.22 bits per heavy atom. The highest BCUT2D eigenvalue weighted by Gasteiger charge is 2.02. The first kappa shape index (κ1) is 12.6. The van der Waals surface area contributed by atoms with Crippen LogP contribution < -0.4 is 5.73 Å². The lowest BCUT2D eigenvalue weighted by atomic mass is 10.1. The van der Waals surface area contributed by atoms with Gasteiger partial charge in [0.15, 0.2) is 0 Å². The van der Waals surface area contributed by atoms with Crippen LogP contribution in [0.3, 0.4) is 0 Å². The van der Waals surface area contributed by atoms with Crippen molar-refractivity contribution in [3.8, 4) is 0 Å². The van der Waals surface area contributed by atoms with Crippen LogP contribution in [0.1, 0.15) is 11.1 Å². The third-order valence-corrected chi connectivity index (χ3v) is 2.97. The maximum Gasteiger partial charge on any atom is 0.0534 e. The first-order chi connectivity index (χ1) is 8.63. The van der Waals surface area contributed by atoms with Crippen LogP contribution in [0.15, 0.2) is 36.7 Å². The van der Waals surface area contributed by atoms with Crippen molar-refractivity contribution in [3.63, 3.8) is 0 Å². The van der Waals surface area contributed by atoms with Gasteiger partial charge in [-0.15, -0.1) is 0 Å². The zero-order valence-corrected chi connectivity index (χ0v) is 11.0. The summed E-state index contributed by atoms with van der Waals surface area (Å²) in [4.78, 5) is 2.30. The monoisotopic (exact) mass is 244 g/mol. The van der Waals surface area contributed by atoms with Crippen molar-refractivity contribution in [2.45, 2.75) is 13.0 Å². The molecule has 0 spiro atoms. The fraction of sp³-hybridized carbons (Fsp3) is 0.357. The van der Waals surface area contributed by atoms with Crippen LogP contribution in [-0.2, 0) is 20.0 Å². The van der Waals surface area contributed by atoms with Gasteiger partial charge in [-0.3, -0.25) is 4.68 Å². The van der Waals surface area contributed by atoms with Crippen molar-refractivity contribution in [2.75, 3.05) is 19.3 Å². The minimum Gasteiger partial charge on any atom is -0.399 e. The quantitative estimate of drug-likeness (QED) is 0.814. The molecule has 2 N–H and O–H groups in total. The minimum absolute atomic E-state index is 0.822. The fourth-order valence-corrected chi connectivity index (χ4v) is 1.95. The summed E-state index contributed by atoms with van der Waals surface area (Å²) < 4.78 is 1.84. The number of nitrogens with two attached hydrogens (primary N) is 1. The highest BCUT2D eigenvalue weighted by atomic mass is 15.2. The summed E-state index contributed by atoms with van der Waals surface area (Å²) in [5, 5.41) is 4.17. The van der Waals surface area contributed by atoms with E-state index in [4.69, 9.17) is 5.73 Å². The summed E-state index contributed by atoms with van der Waals surface area (Å²) in [7, 11) is 4.07. The van der Waals surface area contributed by atoms with Gasteiger partial charge in [0.05, 0.1) is 6.20 Å². The number of nitrogen functional groups attached to an aromatic ring is 1. The number of nitrogens with zero attached hydrogens (tertiary/aromatic N) is 3. The topological polar surface area (TPSA) is 47.1 Å². The number of anilines is 1. The van der Waals surface area contributed by atoms with E-state index in [0.29, 0.717) is 0 Å². The summed E-state index contributed by atoms with van der Waals surface area (Å²) in [6, 6.07) is 8.09. The molecule has 0 aliphatic carbocycles. The number of aromatic nitrogens is 2. The van der Waals surface area contributed by atoms with Gasteiger partial charge < -0.3 is 10.6 Å². The van der Waals surface area contributed by atoms with E-state index in [1.165, 1.54) is 11.1 Å². The number of rotatable bonds is 5. The Hall–Kier alpha value is -1.81. The lowest BCUT2D eigenvalue weighted by Gasteiger charge is -2.15. The molecular weight excluding hydrogens is 224 g/mol. The number of aryl methyl sites for hydroxylation is 1. The summed E-state index contributed by atoms with van der Waals surface area (Å²) in [6.07, 6.45) is 5.01. The summed E-state index contributed by atoms with van der Waals surface area (Å²) in [6.45, 7) is 1.96. The number of benzene rings is 1. The van der Waals surface area contributed by atoms with Crippen molar-refractivity contribution in [3.05, 3.63) is 47.8 Å². The second-order valence-corrected chi connectivity index (χ2v) is 4.75. The van der Waals surface area contributed by atoms with Gasteiger partial charge in [-0.25, -0.2) is 0 Å². The van der Waals surface area contributed by atoms with Crippen molar-refractivity contribution >= 4 is 5.69 Å². The molecule has 1 aromatic carbocycles. The molecule has 1 aromatic heterocycles. The van der Waals surface area contributed by atoms with Crippen molar-refractivity contribution in [2.24, 2.45) is 7.05 Å². The van der Waals surface area contributed by atoms with E-state index in [1.807, 2.05) is 30.1 Å². The van der Waals surface area contributed by atoms with Crippen molar-refractivity contribution < 1.29 is 0 Å². The van der Waals surface area contributed by atoms with E-state index in [9.17, 15) is 0 Å². The molecule has 4 heteroatoms. The number of likely N-dealkylation sites (N-methyl/N-ethyl adjacent to an activating group) is 1. The van der Waals surface area contributed by atoms with Crippen LogP contribution in [-0.4, -0.2) is 28.3 Å². The molecule has 0 bridgehead atoms. The zero-order valence-electron chi connectivity index (χ0n) is 11.0. The summed E-state index contributed by atoms with van der Waals surface area (Å²) in [5.74, 6) is 0. The van der Waals surface area contributed by atoms with E-state index in [0.717, 1.165) is 25.2 Å². The average molecular weight is 244 g/mol. The highest BCUT2D eigenvalue weighted by molar-refractivity contribution is 5.39. The van der Waals surface area contributed by atoms with E-state index < -0.39 is 0 Å². The second kappa shape index (κ2) is 5.69. The van der Waals surface area contributed by atoms with Crippen LogP contribution in [0.2, 0.25) is 0 Å². The molecule has 0 saturated carbocycles. The zero-order chi connectivity index (χ0) is 13.0. The van der Waals surface area contributed by atoms with E-state index in [1.54, 1.807) is 0 Å². The van der Waals surface area contributed by atoms with E-state index >= 15 is 0 Å². The molecule has 18 heavy (non-hydrogen) atoms. The molecule has 0 radical (unpaired) electrons. The molecule has 0 unspecified atom stereocenters. The normalized spacial score (nSPS) is 11.1. The first-order valence-corrected chi connectivity index (χ1v) is 6.14. The molecule has 0 aliphatic rings. The number of hydrogen-bond acceptors (Lipinski definition) is 3. The Bertz CT molecular complexity index is 487. The van der Waals surface area contributed by atoms with Crippen LogP contribution in [0.5, 0.6) is 0 Å². The Kier molecular flexibility index (Phi) is 3.99. The smallest absolute Gasteiger partial charge is 0.0534 e. The van der Waals surface area contributed by atoms with Crippen LogP contribution in [0.25, 0.3) is 0 Å². The van der Waals surface area contributed by atoms with Gasteiger partial charge in [0.2, 0.25) is 0 Å². The predicted molar refractivity (Wildman–Crippen MR) is 74.1 cm³/mol. The van der Waals surface area contributed by atoms with Gasteiger partial charge in [-0.05, 0) is 31.2 Å². The fourth-order valence-electron chi connectivity index (χ4n) is 1.95. The van der Waals surface area contributed by atoms with Crippen molar-refractivity contribution in [1.29, 1.82) is 0 Å². The Labute approximate surface area is 108 Å². The minimum atomic E-state index is 0.822. The molecule has 0 atom stereocenters. The van der Waals surface area contributed by atoms with Crippen LogP contribution in [0, 0.1) is 0 Å². The lowest BCUT2D eigenvalue weighted by Crippen LogP contribution is -2.20. The summed E-state index contributed by atoms with van der Waals surface area (Å²) in [5.41, 5.74) is 9.06. The third-order valence-electron chi connectivity index (χ3n) is 2.97. The third kappa shape index (κ3) is 3.60. The lowest BCUT2D eigenvalue weighted by molar-refractivity contribution is 0.331. The van der Waals surface area contributed by atoms with Crippen LogP contribution in [0.4, 0.5) is 5.69 Å². The second-order valence-electron chi connectivity index (χ2n) is 4.75. The van der Waals surface area contributed by atoms with Crippen LogP contribution >= 0.6 is 0 Å². The molecule has 0 amide bonds. The SMILES string of the molecule is CN(CCc1ccc(N)cc1)Cc1cnn(C)c1. The molecule has 1 heterocycles. The van der Waals surface area contributed by atoms with Gasteiger partial charge in [-0.2, -0.15) is 5.10 Å². The maximum atomic E-state index is 5.67. The Morgan fingerprint density at radius 3 is 2.56 bits per heavy atom. The number of hydrogen-bond donors (Lipinski definition) is 1. The largest absolute Gasteiger partial charge is 0.399 e. The molecule has 0 aliphatic heterocycles. The predicted octanol–water partition coefficient (Wildman–Crippen LogP) is 1.68. The maximum absolute atomic E-state index is 5.67. The molecule has 96 valence electrons. The molecule has 0 fully saturated rings. The molecule has 2 aromatic rings. The first-order valence-electron chi connectivity index (χ1n) is 6.14. The van der Waals surface area contributed by atoms with Gasteiger partial charge in [0, 0.05) is 37.6 Å². The van der Waals surface area contributed by atoms with Gasteiger partial charge in [0.1, 0.15) is 0 Å². The Morgan fingerprint density at radius 2 is 1.94 bits per heavy atom. The van der Waals surface area contributed by atoms with E-state index in [-0.39, 0.29) is 0 Å². The van der Waals surface area contributed by atoms with Gasteiger partial charge in [0.25, 0.3) is 0 Å². The standard InChI is InChI=1S/C14H20N4/c1-17(10-13-9-16-18(2)11-13)8-7-12-3-5-14(15)6-4-12/h3-6,9,11H,7-8,10,15H2,1-2H3. The van der Waals surface area contributed by atoms with Crippen molar-refractivity contribution in [1.82, 2.24) is 14.7 Å². The highest BCUT2D eigenvalue weighted by Crippen LogP contribution is 2.07. The molecule has 0 saturated heterocycles. The average Bonchev–Trinajstić information content (AvgIpc) is 2.74. The van der Waals surface area contributed by atoms with E-state index in [2.05, 4.69) is 35.4 Å². The Balaban J connectivity index is 1.81.